The van der Waals surface area contributed by atoms with Gasteiger partial charge in [0.25, 0.3) is 0 Å². The molecule has 1 aromatic carbocycles. The zero-order chi connectivity index (χ0) is 16.2. The standard InChI is InChI=1S/C17H26N2O3/c1-16(2,3)22-15(21)18-12-17(10-6-7-11-19-17)13-8-4-5-9-14(13)20/h4-5,8-9,19-20H,6-7,10-12H2,1-3H3,(H,18,21). The molecule has 0 aromatic heterocycles. The predicted octanol–water partition coefficient (Wildman–Crippen LogP) is 2.89. The van der Waals surface area contributed by atoms with E-state index in [1.54, 1.807) is 12.1 Å². The van der Waals surface area contributed by atoms with Gasteiger partial charge in [-0.2, -0.15) is 0 Å². The molecule has 3 N–H and O–H groups in total. The van der Waals surface area contributed by atoms with Crippen LogP contribution in [-0.4, -0.2) is 29.9 Å². The number of carbonyl (C=O) groups excluding carboxylic acids is 1. The number of alkyl carbamates (subject to hydrolysis) is 1. The highest BCUT2D eigenvalue weighted by Crippen LogP contribution is 2.35. The molecule has 1 aliphatic rings. The Morgan fingerprint density at radius 2 is 2.09 bits per heavy atom. The molecule has 1 heterocycles. The van der Waals surface area contributed by atoms with Crippen LogP contribution in [0.25, 0.3) is 0 Å². The summed E-state index contributed by atoms with van der Waals surface area (Å²) in [6.45, 7) is 6.77. The molecule has 0 radical (unpaired) electrons. The van der Waals surface area contributed by atoms with Crippen LogP contribution in [-0.2, 0) is 10.3 Å². The summed E-state index contributed by atoms with van der Waals surface area (Å²) < 4.78 is 5.30. The topological polar surface area (TPSA) is 70.6 Å². The number of piperidine rings is 1. The lowest BCUT2D eigenvalue weighted by atomic mass is 9.81. The van der Waals surface area contributed by atoms with E-state index in [2.05, 4.69) is 10.6 Å². The molecule has 22 heavy (non-hydrogen) atoms. The van der Waals surface area contributed by atoms with Gasteiger partial charge in [0.2, 0.25) is 0 Å². The van der Waals surface area contributed by atoms with Crippen LogP contribution < -0.4 is 10.6 Å². The van der Waals surface area contributed by atoms with Gasteiger partial charge < -0.3 is 20.5 Å². The van der Waals surface area contributed by atoms with Crippen LogP contribution in [0.2, 0.25) is 0 Å². The van der Waals surface area contributed by atoms with Crippen molar-refractivity contribution in [3.05, 3.63) is 29.8 Å². The van der Waals surface area contributed by atoms with Crippen molar-refractivity contribution in [2.75, 3.05) is 13.1 Å². The second kappa shape index (κ2) is 6.57. The second-order valence-corrected chi connectivity index (χ2v) is 6.84. The minimum absolute atomic E-state index is 0.253. The van der Waals surface area contributed by atoms with Crippen LogP contribution in [0.3, 0.4) is 0 Å². The van der Waals surface area contributed by atoms with Crippen molar-refractivity contribution in [1.82, 2.24) is 10.6 Å². The van der Waals surface area contributed by atoms with E-state index in [-0.39, 0.29) is 5.75 Å². The molecular weight excluding hydrogens is 280 g/mol. The maximum Gasteiger partial charge on any atom is 0.407 e. The first-order valence-electron chi connectivity index (χ1n) is 7.83. The number of phenols is 1. The number of hydrogen-bond acceptors (Lipinski definition) is 4. The lowest BCUT2D eigenvalue weighted by Gasteiger charge is -2.39. The summed E-state index contributed by atoms with van der Waals surface area (Å²) in [5.74, 6) is 0.253. The molecule has 1 aliphatic heterocycles. The fraction of sp³-hybridized carbons (Fsp3) is 0.588. The van der Waals surface area contributed by atoms with Crippen LogP contribution in [0.5, 0.6) is 5.75 Å². The Hall–Kier alpha value is -1.75. The lowest BCUT2D eigenvalue weighted by molar-refractivity contribution is 0.0502. The van der Waals surface area contributed by atoms with Crippen molar-refractivity contribution in [1.29, 1.82) is 0 Å². The first kappa shape index (κ1) is 16.6. The monoisotopic (exact) mass is 306 g/mol. The number of phenolic OH excluding ortho intramolecular Hbond substituents is 1. The van der Waals surface area contributed by atoms with Gasteiger partial charge >= 0.3 is 6.09 Å². The van der Waals surface area contributed by atoms with Crippen LogP contribution in [0.4, 0.5) is 4.79 Å². The van der Waals surface area contributed by atoms with Gasteiger partial charge in [0, 0.05) is 12.1 Å². The van der Waals surface area contributed by atoms with Crippen LogP contribution in [0.1, 0.15) is 45.6 Å². The van der Waals surface area contributed by atoms with Crippen LogP contribution >= 0.6 is 0 Å². The Labute approximate surface area is 132 Å². The van der Waals surface area contributed by atoms with E-state index >= 15 is 0 Å². The first-order chi connectivity index (χ1) is 10.3. The molecule has 5 nitrogen and oxygen atoms in total. The van der Waals surface area contributed by atoms with E-state index in [0.717, 1.165) is 31.4 Å². The van der Waals surface area contributed by atoms with E-state index < -0.39 is 17.2 Å². The van der Waals surface area contributed by atoms with E-state index in [9.17, 15) is 9.90 Å². The van der Waals surface area contributed by atoms with E-state index in [1.807, 2.05) is 32.9 Å². The van der Waals surface area contributed by atoms with Gasteiger partial charge in [-0.25, -0.2) is 4.79 Å². The van der Waals surface area contributed by atoms with Crippen LogP contribution in [0.15, 0.2) is 24.3 Å². The summed E-state index contributed by atoms with van der Waals surface area (Å²) in [6.07, 6.45) is 2.58. The first-order valence-corrected chi connectivity index (χ1v) is 7.83. The average Bonchev–Trinajstić information content (AvgIpc) is 2.45. The molecule has 0 bridgehead atoms. The number of hydrogen-bond donors (Lipinski definition) is 3. The molecule has 1 fully saturated rings. The average molecular weight is 306 g/mol. The molecule has 0 saturated carbocycles. The summed E-state index contributed by atoms with van der Waals surface area (Å²) in [6, 6.07) is 7.29. The second-order valence-electron chi connectivity index (χ2n) is 6.84. The Kier molecular flexibility index (Phi) is 4.96. The van der Waals surface area contributed by atoms with Gasteiger partial charge in [0.05, 0.1) is 5.54 Å². The molecule has 122 valence electrons. The zero-order valence-electron chi connectivity index (χ0n) is 13.6. The summed E-state index contributed by atoms with van der Waals surface area (Å²) in [7, 11) is 0. The number of benzene rings is 1. The number of rotatable bonds is 3. The predicted molar refractivity (Wildman–Crippen MR) is 85.9 cm³/mol. The normalized spacial score (nSPS) is 22.1. The number of aromatic hydroxyl groups is 1. The third-order valence-corrected chi connectivity index (χ3v) is 3.85. The fourth-order valence-corrected chi connectivity index (χ4v) is 2.86. The van der Waals surface area contributed by atoms with Crippen LogP contribution in [0, 0.1) is 0 Å². The van der Waals surface area contributed by atoms with Gasteiger partial charge in [0.1, 0.15) is 11.4 Å². The maximum absolute atomic E-state index is 11.9. The number of nitrogens with one attached hydrogen (secondary N) is 2. The molecule has 1 aromatic rings. The van der Waals surface area contributed by atoms with Gasteiger partial charge in [-0.1, -0.05) is 18.2 Å². The van der Waals surface area contributed by atoms with E-state index in [0.29, 0.717) is 6.54 Å². The molecule has 1 atom stereocenters. The Morgan fingerprint density at radius 3 is 2.68 bits per heavy atom. The van der Waals surface area contributed by atoms with Crippen molar-refractivity contribution >= 4 is 6.09 Å². The fourth-order valence-electron chi connectivity index (χ4n) is 2.86. The summed E-state index contributed by atoms with van der Waals surface area (Å²) in [5.41, 5.74) is -0.141. The van der Waals surface area contributed by atoms with Gasteiger partial charge in [-0.3, -0.25) is 0 Å². The quantitative estimate of drug-likeness (QED) is 0.803. The molecule has 2 rings (SSSR count). The highest BCUT2D eigenvalue weighted by atomic mass is 16.6. The van der Waals surface area contributed by atoms with Crippen molar-refractivity contribution in [2.45, 2.75) is 51.2 Å². The highest BCUT2D eigenvalue weighted by molar-refractivity contribution is 5.68. The summed E-state index contributed by atoms with van der Waals surface area (Å²) >= 11 is 0. The minimum Gasteiger partial charge on any atom is -0.508 e. The smallest absolute Gasteiger partial charge is 0.407 e. The number of para-hydroxylation sites is 1. The zero-order valence-corrected chi connectivity index (χ0v) is 13.6. The Morgan fingerprint density at radius 1 is 1.36 bits per heavy atom. The van der Waals surface area contributed by atoms with Gasteiger partial charge in [-0.05, 0) is 52.6 Å². The largest absolute Gasteiger partial charge is 0.508 e. The molecule has 1 amide bonds. The van der Waals surface area contributed by atoms with Crippen molar-refractivity contribution in [3.63, 3.8) is 0 Å². The SMILES string of the molecule is CC(C)(C)OC(=O)NCC1(c2ccccc2O)CCCCN1. The van der Waals surface area contributed by atoms with Gasteiger partial charge in [-0.15, -0.1) is 0 Å². The molecule has 1 unspecified atom stereocenters. The van der Waals surface area contributed by atoms with E-state index in [1.165, 1.54) is 0 Å². The lowest BCUT2D eigenvalue weighted by Crippen LogP contribution is -2.53. The number of amides is 1. The molecule has 1 saturated heterocycles. The summed E-state index contributed by atoms with van der Waals surface area (Å²) in [5, 5.41) is 16.5. The van der Waals surface area contributed by atoms with Crippen molar-refractivity contribution in [3.8, 4) is 5.75 Å². The Bertz CT molecular complexity index is 517. The van der Waals surface area contributed by atoms with Crippen molar-refractivity contribution < 1.29 is 14.6 Å². The number of carbonyl (C=O) groups is 1. The molecule has 5 heteroatoms. The van der Waals surface area contributed by atoms with Gasteiger partial charge in [0.15, 0.2) is 0 Å². The summed E-state index contributed by atoms with van der Waals surface area (Å²) in [4.78, 5) is 11.9. The highest BCUT2D eigenvalue weighted by Gasteiger charge is 2.36. The minimum atomic E-state index is -0.522. The molecule has 0 spiro atoms. The third-order valence-electron chi connectivity index (χ3n) is 3.85. The maximum atomic E-state index is 11.9. The van der Waals surface area contributed by atoms with E-state index in [4.69, 9.17) is 4.74 Å². The Balaban J connectivity index is 2.13. The molecule has 0 aliphatic carbocycles. The van der Waals surface area contributed by atoms with Crippen molar-refractivity contribution in [2.24, 2.45) is 0 Å². The molecular formula is C17H26N2O3. The number of ether oxygens (including phenoxy) is 1. The third kappa shape index (κ3) is 4.13.